The van der Waals surface area contributed by atoms with E-state index in [4.69, 9.17) is 0 Å². The van der Waals surface area contributed by atoms with Crippen molar-refractivity contribution >= 4 is 10.8 Å². The standard InChI is InChI=1S/C15H21NOS/c17-18-10-4-7-15(13-18)8-9-16(12-15)11-14-5-2-1-3-6-14/h1-3,5-6H,4,7-13H2. The molecule has 3 heteroatoms. The van der Waals surface area contributed by atoms with E-state index in [1.54, 1.807) is 0 Å². The van der Waals surface area contributed by atoms with Gasteiger partial charge in [0, 0.05) is 35.4 Å². The van der Waals surface area contributed by atoms with Crippen LogP contribution in [0.3, 0.4) is 0 Å². The van der Waals surface area contributed by atoms with E-state index in [9.17, 15) is 4.21 Å². The molecule has 0 bridgehead atoms. The highest BCUT2D eigenvalue weighted by Crippen LogP contribution is 2.39. The Labute approximate surface area is 112 Å². The van der Waals surface area contributed by atoms with Crippen molar-refractivity contribution in [2.75, 3.05) is 24.6 Å². The normalized spacial score (nSPS) is 33.0. The van der Waals surface area contributed by atoms with Crippen LogP contribution in [0, 0.1) is 5.41 Å². The molecule has 1 aromatic carbocycles. The first-order chi connectivity index (χ1) is 8.76. The van der Waals surface area contributed by atoms with E-state index < -0.39 is 10.8 Å². The minimum absolute atomic E-state index is 0.373. The van der Waals surface area contributed by atoms with Gasteiger partial charge in [-0.1, -0.05) is 30.3 Å². The molecule has 3 rings (SSSR count). The predicted molar refractivity (Wildman–Crippen MR) is 75.9 cm³/mol. The van der Waals surface area contributed by atoms with Crippen LogP contribution in [-0.2, 0) is 17.3 Å². The predicted octanol–water partition coefficient (Wildman–Crippen LogP) is 2.42. The van der Waals surface area contributed by atoms with Gasteiger partial charge in [0.15, 0.2) is 0 Å². The van der Waals surface area contributed by atoms with Crippen molar-refractivity contribution in [3.05, 3.63) is 35.9 Å². The van der Waals surface area contributed by atoms with Gasteiger partial charge in [0.25, 0.3) is 0 Å². The zero-order valence-corrected chi connectivity index (χ0v) is 11.6. The minimum Gasteiger partial charge on any atom is -0.298 e. The Bertz CT molecular complexity index is 433. The van der Waals surface area contributed by atoms with E-state index in [1.807, 2.05) is 0 Å². The summed E-state index contributed by atoms with van der Waals surface area (Å²) in [6.45, 7) is 3.37. The fourth-order valence-corrected chi connectivity index (χ4v) is 5.09. The van der Waals surface area contributed by atoms with Gasteiger partial charge in [0.1, 0.15) is 0 Å². The molecule has 2 fully saturated rings. The molecule has 2 saturated heterocycles. The largest absolute Gasteiger partial charge is 0.298 e. The summed E-state index contributed by atoms with van der Waals surface area (Å²) in [7, 11) is -0.557. The molecule has 2 unspecified atom stereocenters. The number of nitrogens with zero attached hydrogens (tertiary/aromatic N) is 1. The molecule has 2 nitrogen and oxygen atoms in total. The van der Waals surface area contributed by atoms with Crippen molar-refractivity contribution in [3.63, 3.8) is 0 Å². The van der Waals surface area contributed by atoms with Gasteiger partial charge in [0.2, 0.25) is 0 Å². The maximum atomic E-state index is 11.8. The number of benzene rings is 1. The number of hydrogen-bond acceptors (Lipinski definition) is 2. The average Bonchev–Trinajstić information content (AvgIpc) is 2.73. The average molecular weight is 263 g/mol. The number of likely N-dealkylation sites (tertiary alicyclic amines) is 1. The SMILES string of the molecule is O=S1CCCC2(CCN(Cc3ccccc3)C2)C1. The van der Waals surface area contributed by atoms with Gasteiger partial charge in [-0.25, -0.2) is 0 Å². The number of rotatable bonds is 2. The molecule has 0 saturated carbocycles. The maximum Gasteiger partial charge on any atom is 0.0304 e. The Morgan fingerprint density at radius 3 is 2.83 bits per heavy atom. The second kappa shape index (κ2) is 5.14. The summed E-state index contributed by atoms with van der Waals surface area (Å²) in [5, 5.41) is 0. The van der Waals surface area contributed by atoms with Crippen molar-refractivity contribution in [3.8, 4) is 0 Å². The lowest BCUT2D eigenvalue weighted by Crippen LogP contribution is -2.36. The molecule has 1 spiro atoms. The van der Waals surface area contributed by atoms with Gasteiger partial charge in [-0.05, 0) is 36.8 Å². The highest BCUT2D eigenvalue weighted by molar-refractivity contribution is 7.85. The Kier molecular flexibility index (Phi) is 3.53. The van der Waals surface area contributed by atoms with Crippen LogP contribution in [-0.4, -0.2) is 33.7 Å². The molecule has 0 amide bonds. The minimum atomic E-state index is -0.557. The van der Waals surface area contributed by atoms with Crippen molar-refractivity contribution in [2.24, 2.45) is 5.41 Å². The van der Waals surface area contributed by atoms with Gasteiger partial charge in [-0.15, -0.1) is 0 Å². The summed E-state index contributed by atoms with van der Waals surface area (Å²) in [6.07, 6.45) is 3.68. The molecule has 0 aliphatic carbocycles. The molecule has 1 aromatic rings. The van der Waals surface area contributed by atoms with Gasteiger partial charge in [-0.3, -0.25) is 9.11 Å². The third-order valence-corrected chi connectivity index (χ3v) is 5.99. The summed E-state index contributed by atoms with van der Waals surface area (Å²) >= 11 is 0. The van der Waals surface area contributed by atoms with E-state index in [2.05, 4.69) is 35.2 Å². The Hall–Kier alpha value is -0.670. The Balaban J connectivity index is 1.63. The Morgan fingerprint density at radius 1 is 1.22 bits per heavy atom. The van der Waals surface area contributed by atoms with Gasteiger partial charge in [0.05, 0.1) is 0 Å². The monoisotopic (exact) mass is 263 g/mol. The summed E-state index contributed by atoms with van der Waals surface area (Å²) in [5.74, 6) is 1.87. The van der Waals surface area contributed by atoms with Crippen LogP contribution in [0.5, 0.6) is 0 Å². The first-order valence-corrected chi connectivity index (χ1v) is 8.36. The smallest absolute Gasteiger partial charge is 0.0304 e. The molecular weight excluding hydrogens is 242 g/mol. The lowest BCUT2D eigenvalue weighted by molar-refractivity contribution is 0.254. The van der Waals surface area contributed by atoms with E-state index in [1.165, 1.54) is 24.9 Å². The second-order valence-corrected chi connectivity index (χ2v) is 7.41. The second-order valence-electron chi connectivity index (χ2n) is 5.84. The van der Waals surface area contributed by atoms with Crippen LogP contribution in [0.2, 0.25) is 0 Å². The molecular formula is C15H21NOS. The molecule has 2 heterocycles. The van der Waals surface area contributed by atoms with E-state index >= 15 is 0 Å². The summed E-state index contributed by atoms with van der Waals surface area (Å²) in [4.78, 5) is 2.54. The summed E-state index contributed by atoms with van der Waals surface area (Å²) in [5.41, 5.74) is 1.77. The van der Waals surface area contributed by atoms with E-state index in [0.29, 0.717) is 5.41 Å². The lowest BCUT2D eigenvalue weighted by Gasteiger charge is -2.32. The van der Waals surface area contributed by atoms with Crippen LogP contribution in [0.1, 0.15) is 24.8 Å². The van der Waals surface area contributed by atoms with Crippen LogP contribution in [0.4, 0.5) is 0 Å². The molecule has 0 aromatic heterocycles. The molecule has 2 aliphatic rings. The third-order valence-electron chi connectivity index (χ3n) is 4.31. The van der Waals surface area contributed by atoms with Gasteiger partial charge >= 0.3 is 0 Å². The fourth-order valence-electron chi connectivity index (χ4n) is 3.42. The number of hydrogen-bond donors (Lipinski definition) is 0. The molecule has 0 N–H and O–H groups in total. The molecule has 0 radical (unpaired) electrons. The highest BCUT2D eigenvalue weighted by atomic mass is 32.2. The van der Waals surface area contributed by atoms with Crippen LogP contribution in [0.15, 0.2) is 30.3 Å². The van der Waals surface area contributed by atoms with Crippen LogP contribution >= 0.6 is 0 Å². The quantitative estimate of drug-likeness (QED) is 0.817. The fraction of sp³-hybridized carbons (Fsp3) is 0.600. The van der Waals surface area contributed by atoms with Crippen molar-refractivity contribution in [1.82, 2.24) is 4.90 Å². The van der Waals surface area contributed by atoms with E-state index in [-0.39, 0.29) is 0 Å². The molecule has 98 valence electrons. The van der Waals surface area contributed by atoms with Crippen LogP contribution < -0.4 is 0 Å². The third kappa shape index (κ3) is 2.67. The molecule has 2 aliphatic heterocycles. The van der Waals surface area contributed by atoms with E-state index in [0.717, 1.165) is 31.0 Å². The first kappa shape index (κ1) is 12.4. The van der Waals surface area contributed by atoms with Crippen molar-refractivity contribution in [2.45, 2.75) is 25.8 Å². The lowest BCUT2D eigenvalue weighted by atomic mass is 9.84. The molecule has 2 atom stereocenters. The van der Waals surface area contributed by atoms with Crippen LogP contribution in [0.25, 0.3) is 0 Å². The van der Waals surface area contributed by atoms with Crippen molar-refractivity contribution < 1.29 is 4.21 Å². The highest BCUT2D eigenvalue weighted by Gasteiger charge is 2.40. The van der Waals surface area contributed by atoms with Gasteiger partial charge < -0.3 is 0 Å². The first-order valence-electron chi connectivity index (χ1n) is 6.87. The van der Waals surface area contributed by atoms with Crippen molar-refractivity contribution in [1.29, 1.82) is 0 Å². The summed E-state index contributed by atoms with van der Waals surface area (Å²) < 4.78 is 11.8. The summed E-state index contributed by atoms with van der Waals surface area (Å²) in [6, 6.07) is 10.7. The molecule has 18 heavy (non-hydrogen) atoms. The maximum absolute atomic E-state index is 11.8. The topological polar surface area (TPSA) is 20.3 Å². The van der Waals surface area contributed by atoms with Gasteiger partial charge in [-0.2, -0.15) is 0 Å². The zero-order valence-electron chi connectivity index (χ0n) is 10.8. The zero-order chi connectivity index (χ0) is 12.4. The Morgan fingerprint density at radius 2 is 2.06 bits per heavy atom.